The van der Waals surface area contributed by atoms with Crippen molar-refractivity contribution < 1.29 is 9.53 Å². The van der Waals surface area contributed by atoms with E-state index in [0.717, 1.165) is 49.8 Å². The van der Waals surface area contributed by atoms with Crippen LogP contribution >= 0.6 is 23.4 Å². The molecular formula is C19H23ClN4O2S. The highest BCUT2D eigenvalue weighted by Crippen LogP contribution is 2.23. The summed E-state index contributed by atoms with van der Waals surface area (Å²) in [6, 6.07) is 9.45. The van der Waals surface area contributed by atoms with Crippen LogP contribution in [0.3, 0.4) is 0 Å². The van der Waals surface area contributed by atoms with E-state index in [2.05, 4.69) is 20.2 Å². The molecule has 0 atom stereocenters. The van der Waals surface area contributed by atoms with Crippen molar-refractivity contribution in [1.82, 2.24) is 20.2 Å². The monoisotopic (exact) mass is 406 g/mol. The smallest absolute Gasteiger partial charge is 0.230 e. The Balaban J connectivity index is 1.49. The number of hydrogen-bond acceptors (Lipinski definition) is 6. The minimum atomic E-state index is -0.00796. The van der Waals surface area contributed by atoms with E-state index in [9.17, 15) is 4.79 Å². The number of carbonyl (C=O) groups excluding carboxylic acids is 1. The number of carbonyl (C=O) groups is 1. The lowest BCUT2D eigenvalue weighted by molar-refractivity contribution is -0.118. The minimum Gasteiger partial charge on any atom is -0.379 e. The summed E-state index contributed by atoms with van der Waals surface area (Å²) in [5.74, 6) is 0.290. The lowest BCUT2D eigenvalue weighted by Crippen LogP contribution is -2.41. The average Bonchev–Trinajstić information content (AvgIpc) is 2.67. The first-order valence-corrected chi connectivity index (χ1v) is 10.3. The highest BCUT2D eigenvalue weighted by Gasteiger charge is 2.11. The molecule has 3 rings (SSSR count). The summed E-state index contributed by atoms with van der Waals surface area (Å²) < 4.78 is 5.32. The second-order valence-corrected chi connectivity index (χ2v) is 7.66. The minimum absolute atomic E-state index is 0.00796. The summed E-state index contributed by atoms with van der Waals surface area (Å²) >= 11 is 7.29. The Morgan fingerprint density at radius 1 is 1.26 bits per heavy atom. The van der Waals surface area contributed by atoms with Crippen LogP contribution in [0, 0.1) is 6.92 Å². The van der Waals surface area contributed by atoms with Crippen LogP contribution in [-0.2, 0) is 9.53 Å². The predicted molar refractivity (Wildman–Crippen MR) is 108 cm³/mol. The fraction of sp³-hybridized carbons (Fsp3) is 0.421. The number of nitrogens with one attached hydrogen (secondary N) is 1. The van der Waals surface area contributed by atoms with Crippen molar-refractivity contribution in [2.24, 2.45) is 0 Å². The lowest BCUT2D eigenvalue weighted by Gasteiger charge is -2.26. The van der Waals surface area contributed by atoms with E-state index in [4.69, 9.17) is 16.3 Å². The van der Waals surface area contributed by atoms with E-state index < -0.39 is 0 Å². The molecule has 144 valence electrons. The molecule has 1 amide bonds. The summed E-state index contributed by atoms with van der Waals surface area (Å²) in [7, 11) is 0. The van der Waals surface area contributed by atoms with Gasteiger partial charge in [0.1, 0.15) is 0 Å². The van der Waals surface area contributed by atoms with E-state index >= 15 is 0 Å². The van der Waals surface area contributed by atoms with Crippen LogP contribution in [0.1, 0.15) is 5.69 Å². The predicted octanol–water partition coefficient (Wildman–Crippen LogP) is 2.65. The van der Waals surface area contributed by atoms with Crippen molar-refractivity contribution in [3.8, 4) is 11.3 Å². The second kappa shape index (κ2) is 10.0. The van der Waals surface area contributed by atoms with Gasteiger partial charge in [0.05, 0.1) is 24.7 Å². The van der Waals surface area contributed by atoms with Gasteiger partial charge in [-0.1, -0.05) is 35.5 Å². The number of aromatic nitrogens is 2. The zero-order valence-corrected chi connectivity index (χ0v) is 16.9. The van der Waals surface area contributed by atoms with Gasteiger partial charge in [-0.2, -0.15) is 0 Å². The van der Waals surface area contributed by atoms with Gasteiger partial charge in [-0.15, -0.1) is 0 Å². The third-order valence-electron chi connectivity index (χ3n) is 4.16. The third-order valence-corrected chi connectivity index (χ3v) is 5.26. The molecule has 1 aliphatic heterocycles. The van der Waals surface area contributed by atoms with Gasteiger partial charge in [-0.25, -0.2) is 9.97 Å². The molecule has 1 aromatic carbocycles. The average molecular weight is 407 g/mol. The van der Waals surface area contributed by atoms with E-state index in [0.29, 0.717) is 22.5 Å². The second-order valence-electron chi connectivity index (χ2n) is 6.28. The third kappa shape index (κ3) is 6.46. The van der Waals surface area contributed by atoms with Gasteiger partial charge in [0, 0.05) is 42.5 Å². The van der Waals surface area contributed by atoms with Crippen LogP contribution in [0.5, 0.6) is 0 Å². The van der Waals surface area contributed by atoms with Crippen molar-refractivity contribution in [2.45, 2.75) is 12.1 Å². The normalized spacial score (nSPS) is 14.9. The molecule has 2 aromatic rings. The van der Waals surface area contributed by atoms with Crippen molar-refractivity contribution in [3.63, 3.8) is 0 Å². The number of halogens is 1. The number of aryl methyl sites for hydroxylation is 1. The Labute approximate surface area is 168 Å². The Bertz CT molecular complexity index is 767. The maximum atomic E-state index is 12.1. The van der Waals surface area contributed by atoms with Gasteiger partial charge in [-0.3, -0.25) is 9.69 Å². The van der Waals surface area contributed by atoms with Crippen molar-refractivity contribution in [1.29, 1.82) is 0 Å². The zero-order chi connectivity index (χ0) is 19.1. The molecule has 27 heavy (non-hydrogen) atoms. The zero-order valence-electron chi connectivity index (χ0n) is 15.3. The summed E-state index contributed by atoms with van der Waals surface area (Å²) in [4.78, 5) is 23.4. The van der Waals surface area contributed by atoms with Gasteiger partial charge >= 0.3 is 0 Å². The number of thioether (sulfide) groups is 1. The molecule has 1 aliphatic rings. The van der Waals surface area contributed by atoms with Crippen molar-refractivity contribution in [2.75, 3.05) is 45.1 Å². The van der Waals surface area contributed by atoms with Crippen LogP contribution in [0.15, 0.2) is 35.5 Å². The Hall–Kier alpha value is -1.67. The SMILES string of the molecule is Cc1cc(-c2ccc(Cl)cc2)nc(SCC(=O)NCCN2CCOCC2)n1. The summed E-state index contributed by atoms with van der Waals surface area (Å²) in [6.07, 6.45) is 0. The topological polar surface area (TPSA) is 67.4 Å². The highest BCUT2D eigenvalue weighted by molar-refractivity contribution is 7.99. The number of morpholine rings is 1. The molecule has 1 fully saturated rings. The van der Waals surface area contributed by atoms with E-state index in [-0.39, 0.29) is 5.91 Å². The molecule has 0 bridgehead atoms. The van der Waals surface area contributed by atoms with Crippen LogP contribution < -0.4 is 5.32 Å². The summed E-state index contributed by atoms with van der Waals surface area (Å²) in [5.41, 5.74) is 2.67. The standard InChI is InChI=1S/C19H23ClN4O2S/c1-14-12-17(15-2-4-16(20)5-3-15)23-19(22-14)27-13-18(25)21-6-7-24-8-10-26-11-9-24/h2-5,12H,6-11,13H2,1H3,(H,21,25). The van der Waals surface area contributed by atoms with Crippen LogP contribution in [0.2, 0.25) is 5.02 Å². The first-order chi connectivity index (χ1) is 13.1. The molecule has 0 saturated carbocycles. The van der Waals surface area contributed by atoms with Crippen LogP contribution in [0.25, 0.3) is 11.3 Å². The lowest BCUT2D eigenvalue weighted by atomic mass is 10.1. The molecule has 1 saturated heterocycles. The first-order valence-electron chi connectivity index (χ1n) is 8.91. The highest BCUT2D eigenvalue weighted by atomic mass is 35.5. The number of benzene rings is 1. The van der Waals surface area contributed by atoms with Gasteiger partial charge in [0.15, 0.2) is 5.16 Å². The first kappa shape index (κ1) is 20.1. The fourth-order valence-electron chi connectivity index (χ4n) is 2.73. The summed E-state index contributed by atoms with van der Waals surface area (Å²) in [6.45, 7) is 6.80. The molecule has 0 radical (unpaired) electrons. The van der Waals surface area contributed by atoms with Gasteiger partial charge in [0.25, 0.3) is 0 Å². The quantitative estimate of drug-likeness (QED) is 0.563. The number of ether oxygens (including phenoxy) is 1. The Morgan fingerprint density at radius 3 is 2.74 bits per heavy atom. The maximum Gasteiger partial charge on any atom is 0.230 e. The molecule has 8 heteroatoms. The number of rotatable bonds is 7. The van der Waals surface area contributed by atoms with Crippen molar-refractivity contribution >= 4 is 29.3 Å². The van der Waals surface area contributed by atoms with Gasteiger partial charge in [0.2, 0.25) is 5.91 Å². The van der Waals surface area contributed by atoms with Gasteiger partial charge < -0.3 is 10.1 Å². The van der Waals surface area contributed by atoms with Crippen molar-refractivity contribution in [3.05, 3.63) is 41.0 Å². The van der Waals surface area contributed by atoms with E-state index in [1.165, 1.54) is 11.8 Å². The van der Waals surface area contributed by atoms with Crippen LogP contribution in [-0.4, -0.2) is 65.9 Å². The maximum absolute atomic E-state index is 12.1. The molecule has 0 unspecified atom stereocenters. The number of nitrogens with zero attached hydrogens (tertiary/aromatic N) is 3. The molecule has 6 nitrogen and oxygen atoms in total. The number of hydrogen-bond donors (Lipinski definition) is 1. The van der Waals surface area contributed by atoms with E-state index in [1.807, 2.05) is 37.3 Å². The van der Waals surface area contributed by atoms with Crippen LogP contribution in [0.4, 0.5) is 0 Å². The van der Waals surface area contributed by atoms with Gasteiger partial charge in [-0.05, 0) is 25.1 Å². The van der Waals surface area contributed by atoms with E-state index in [1.54, 1.807) is 0 Å². The molecule has 1 aromatic heterocycles. The molecule has 0 spiro atoms. The summed E-state index contributed by atoms with van der Waals surface area (Å²) in [5, 5.41) is 4.24. The molecule has 0 aliphatic carbocycles. The Morgan fingerprint density at radius 2 is 2.00 bits per heavy atom. The largest absolute Gasteiger partial charge is 0.379 e. The number of amides is 1. The fourth-order valence-corrected chi connectivity index (χ4v) is 3.59. The Kier molecular flexibility index (Phi) is 7.46. The molecular weight excluding hydrogens is 384 g/mol. The molecule has 1 N–H and O–H groups in total. The molecule has 2 heterocycles.